The van der Waals surface area contributed by atoms with E-state index in [1.807, 2.05) is 24.1 Å². The van der Waals surface area contributed by atoms with Gasteiger partial charge in [0.15, 0.2) is 11.9 Å². The van der Waals surface area contributed by atoms with E-state index in [1.54, 1.807) is 12.1 Å². The van der Waals surface area contributed by atoms with Gasteiger partial charge in [0.05, 0.1) is 24.3 Å². The van der Waals surface area contributed by atoms with Gasteiger partial charge in [-0.3, -0.25) is 0 Å². The second kappa shape index (κ2) is 9.39. The van der Waals surface area contributed by atoms with Crippen molar-refractivity contribution in [3.05, 3.63) is 42.0 Å². The van der Waals surface area contributed by atoms with Crippen LogP contribution < -0.4 is 9.64 Å². The number of ether oxygens (including phenoxy) is 3. The van der Waals surface area contributed by atoms with Gasteiger partial charge in [0.1, 0.15) is 29.6 Å². The summed E-state index contributed by atoms with van der Waals surface area (Å²) in [5.74, 6) is -1.42. The molecule has 4 fully saturated rings. The number of rotatable bonds is 6. The molecule has 0 radical (unpaired) electrons. The van der Waals surface area contributed by atoms with Crippen LogP contribution in [0.2, 0.25) is 0 Å². The predicted molar refractivity (Wildman–Crippen MR) is 136 cm³/mol. The van der Waals surface area contributed by atoms with Crippen LogP contribution in [0.3, 0.4) is 0 Å². The molecule has 1 aliphatic carbocycles. The Bertz CT molecular complexity index is 1300. The summed E-state index contributed by atoms with van der Waals surface area (Å²) in [4.78, 5) is 9.41. The molecular weight excluding hydrogens is 502 g/mol. The third-order valence-corrected chi connectivity index (χ3v) is 8.91. The lowest BCUT2D eigenvalue weighted by Crippen LogP contribution is -2.43. The summed E-state index contributed by atoms with van der Waals surface area (Å²) in [6.45, 7) is 4.27. The first-order valence-electron chi connectivity index (χ1n) is 12.8. The number of anilines is 1. The summed E-state index contributed by atoms with van der Waals surface area (Å²) < 4.78 is 50.1. The molecular formula is C26H28F2N4O4S. The molecule has 7 rings (SSSR count). The van der Waals surface area contributed by atoms with Gasteiger partial charge < -0.3 is 29.2 Å². The van der Waals surface area contributed by atoms with Crippen LogP contribution in [0, 0.1) is 11.6 Å². The second-order valence-corrected chi connectivity index (χ2v) is 11.5. The molecule has 0 bridgehead atoms. The highest BCUT2D eigenvalue weighted by atomic mass is 32.2. The van der Waals surface area contributed by atoms with Crippen LogP contribution in [0.1, 0.15) is 12.8 Å². The summed E-state index contributed by atoms with van der Waals surface area (Å²) in [5, 5.41) is 10.7. The van der Waals surface area contributed by atoms with Crippen molar-refractivity contribution < 1.29 is 28.1 Å². The monoisotopic (exact) mass is 530 g/mol. The third-order valence-electron chi connectivity index (χ3n) is 7.47. The van der Waals surface area contributed by atoms with E-state index in [2.05, 4.69) is 19.2 Å². The Morgan fingerprint density at radius 2 is 1.78 bits per heavy atom. The molecule has 8 nitrogen and oxygen atoms in total. The normalized spacial score (nSPS) is 28.2. The van der Waals surface area contributed by atoms with Crippen LogP contribution in [0.4, 0.5) is 14.5 Å². The molecule has 0 spiro atoms. The Labute approximate surface area is 217 Å². The molecule has 2 N–H and O–H groups in total. The van der Waals surface area contributed by atoms with Gasteiger partial charge in [0.2, 0.25) is 0 Å². The Kier molecular flexibility index (Phi) is 6.00. The number of nitrogens with one attached hydrogen (secondary N) is 1. The maximum absolute atomic E-state index is 15.5. The lowest BCUT2D eigenvalue weighted by atomic mass is 10.0. The number of aliphatic hydroxyl groups is 1. The molecule has 1 saturated carbocycles. The van der Waals surface area contributed by atoms with Crippen molar-refractivity contribution in [1.29, 1.82) is 0 Å². The zero-order valence-electron chi connectivity index (χ0n) is 20.1. The van der Waals surface area contributed by atoms with Crippen LogP contribution in [0.5, 0.6) is 6.01 Å². The van der Waals surface area contributed by atoms with E-state index in [0.29, 0.717) is 5.56 Å². The van der Waals surface area contributed by atoms with Crippen molar-refractivity contribution in [3.8, 4) is 17.1 Å². The van der Waals surface area contributed by atoms with E-state index in [0.717, 1.165) is 37.1 Å². The number of imidazole rings is 1. The van der Waals surface area contributed by atoms with Crippen LogP contribution in [-0.2, 0) is 9.47 Å². The first-order chi connectivity index (χ1) is 18.0. The fraction of sp³-hybridized carbons (Fsp3) is 0.500. The van der Waals surface area contributed by atoms with Crippen molar-refractivity contribution >= 4 is 28.7 Å². The molecule has 196 valence electrons. The molecule has 2 aromatic carbocycles. The number of aromatic amines is 1. The molecule has 2 unspecified atom stereocenters. The molecule has 4 aliphatic rings. The molecule has 3 aliphatic heterocycles. The molecule has 11 heteroatoms. The Morgan fingerprint density at radius 1 is 1.03 bits per heavy atom. The number of benzene rings is 2. The van der Waals surface area contributed by atoms with Crippen molar-refractivity contribution in [3.63, 3.8) is 0 Å². The standard InChI is InChI=1S/C26H28F2N4O4S/c27-17-11-18-23(30-26(29-18)36-20-13-35-24-19(33)12-34-25(20)24)22(28)21(17)14-1-3-15(4-2-14)31-7-9-32(10-8-31)37-16-5-6-16/h1-4,11,16,19-20,24-25,33H,5-10,12-13H2,(H,29,30)/t19?,20?,24-,25-/m1/s1. The van der Waals surface area contributed by atoms with Gasteiger partial charge in [-0.2, -0.15) is 4.98 Å². The predicted octanol–water partition coefficient (Wildman–Crippen LogP) is 3.35. The number of hydrogen-bond donors (Lipinski definition) is 2. The summed E-state index contributed by atoms with van der Waals surface area (Å²) in [6, 6.07) is 8.66. The first kappa shape index (κ1) is 23.7. The smallest absolute Gasteiger partial charge is 0.295 e. The van der Waals surface area contributed by atoms with Gasteiger partial charge >= 0.3 is 0 Å². The van der Waals surface area contributed by atoms with Crippen LogP contribution in [0.25, 0.3) is 22.2 Å². The zero-order chi connectivity index (χ0) is 25.1. The Hall–Kier alpha value is -2.44. The maximum atomic E-state index is 15.5. The van der Waals surface area contributed by atoms with Gasteiger partial charge in [-0.15, -0.1) is 0 Å². The lowest BCUT2D eigenvalue weighted by molar-refractivity contribution is 0.00706. The summed E-state index contributed by atoms with van der Waals surface area (Å²) >= 11 is 1.99. The second-order valence-electron chi connectivity index (χ2n) is 10.1. The number of H-pyrrole nitrogens is 1. The van der Waals surface area contributed by atoms with Crippen LogP contribution in [0.15, 0.2) is 30.3 Å². The van der Waals surface area contributed by atoms with Crippen molar-refractivity contribution in [1.82, 2.24) is 14.3 Å². The van der Waals surface area contributed by atoms with Crippen molar-refractivity contribution in [2.24, 2.45) is 0 Å². The molecule has 3 aromatic rings. The summed E-state index contributed by atoms with van der Waals surface area (Å²) in [7, 11) is 0. The van der Waals surface area contributed by atoms with Crippen molar-refractivity contribution in [2.75, 3.05) is 44.3 Å². The molecule has 4 atom stereocenters. The Morgan fingerprint density at radius 3 is 2.54 bits per heavy atom. The van der Waals surface area contributed by atoms with E-state index < -0.39 is 36.1 Å². The molecule has 4 heterocycles. The highest BCUT2D eigenvalue weighted by Gasteiger charge is 2.48. The van der Waals surface area contributed by atoms with E-state index in [-0.39, 0.29) is 35.8 Å². The lowest BCUT2D eigenvalue weighted by Gasteiger charge is -2.35. The molecule has 1 aromatic heterocycles. The number of piperazine rings is 1. The van der Waals surface area contributed by atoms with E-state index in [9.17, 15) is 5.11 Å². The number of fused-ring (bicyclic) bond motifs is 2. The van der Waals surface area contributed by atoms with Crippen molar-refractivity contribution in [2.45, 2.75) is 42.5 Å². The van der Waals surface area contributed by atoms with Gasteiger partial charge in [-0.25, -0.2) is 13.1 Å². The fourth-order valence-corrected chi connectivity index (χ4v) is 6.48. The number of aromatic nitrogens is 2. The highest BCUT2D eigenvalue weighted by molar-refractivity contribution is 7.97. The SMILES string of the molecule is OC1CO[C@@H]2C(Oc3nc4c(F)c(-c5ccc(N6CCN(SC7CC7)CC6)cc5)c(F)cc4[nH]3)CO[C@H]12. The minimum absolute atomic E-state index is 0.00241. The molecule has 0 amide bonds. The average molecular weight is 531 g/mol. The Balaban J connectivity index is 1.08. The quantitative estimate of drug-likeness (QED) is 0.470. The van der Waals surface area contributed by atoms with E-state index in [1.165, 1.54) is 18.9 Å². The average Bonchev–Trinajstić information content (AvgIpc) is 3.30. The first-order valence-corrected chi connectivity index (χ1v) is 13.6. The largest absolute Gasteiger partial charge is 0.456 e. The third kappa shape index (κ3) is 4.46. The number of aliphatic hydroxyl groups excluding tert-OH is 1. The number of nitrogens with zero attached hydrogens (tertiary/aromatic N) is 3. The molecule has 3 saturated heterocycles. The van der Waals surface area contributed by atoms with E-state index >= 15 is 8.78 Å². The minimum Gasteiger partial charge on any atom is -0.456 e. The van der Waals surface area contributed by atoms with Gasteiger partial charge in [-0.1, -0.05) is 24.1 Å². The molecule has 37 heavy (non-hydrogen) atoms. The summed E-state index contributed by atoms with van der Waals surface area (Å²) in [5.41, 5.74) is 1.59. The highest BCUT2D eigenvalue weighted by Crippen LogP contribution is 2.37. The topological polar surface area (TPSA) is 83.1 Å². The van der Waals surface area contributed by atoms with Gasteiger partial charge in [0, 0.05) is 43.2 Å². The van der Waals surface area contributed by atoms with Crippen LogP contribution in [-0.4, -0.2) is 88.4 Å². The van der Waals surface area contributed by atoms with Gasteiger partial charge in [-0.05, 0) is 30.5 Å². The maximum Gasteiger partial charge on any atom is 0.295 e. The summed E-state index contributed by atoms with van der Waals surface area (Å²) in [6.07, 6.45) is 0.563. The fourth-order valence-electron chi connectivity index (χ4n) is 5.34. The minimum atomic E-state index is -0.743. The van der Waals surface area contributed by atoms with Crippen LogP contribution >= 0.6 is 11.9 Å². The van der Waals surface area contributed by atoms with E-state index in [4.69, 9.17) is 14.2 Å². The number of hydrogen-bond acceptors (Lipinski definition) is 8. The van der Waals surface area contributed by atoms with Gasteiger partial charge in [0.25, 0.3) is 6.01 Å². The number of halogens is 2. The zero-order valence-corrected chi connectivity index (χ0v) is 20.9.